The lowest BCUT2D eigenvalue weighted by Gasteiger charge is -2.12. The number of nitriles is 1. The summed E-state index contributed by atoms with van der Waals surface area (Å²) < 4.78 is 11.1. The molecule has 0 radical (unpaired) electrons. The number of oxazole rings is 1. The fourth-order valence-corrected chi connectivity index (χ4v) is 2.96. The van der Waals surface area contributed by atoms with Gasteiger partial charge in [0, 0.05) is 23.7 Å². The van der Waals surface area contributed by atoms with Crippen LogP contribution in [0.2, 0.25) is 0 Å². The van der Waals surface area contributed by atoms with Gasteiger partial charge in [-0.25, -0.2) is 4.98 Å². The number of aromatic nitrogens is 2. The minimum absolute atomic E-state index is 0.217. The summed E-state index contributed by atoms with van der Waals surface area (Å²) in [5.74, 6) is 1.40. The maximum absolute atomic E-state index is 9.43. The van der Waals surface area contributed by atoms with E-state index in [1.165, 1.54) is 6.39 Å². The summed E-state index contributed by atoms with van der Waals surface area (Å²) >= 11 is 0. The first-order valence-corrected chi connectivity index (χ1v) is 9.36. The first-order valence-electron chi connectivity index (χ1n) is 9.36. The highest BCUT2D eigenvalue weighted by Crippen LogP contribution is 2.28. The van der Waals surface area contributed by atoms with Crippen LogP contribution in [0.3, 0.4) is 0 Å². The van der Waals surface area contributed by atoms with E-state index in [0.29, 0.717) is 30.3 Å². The molecule has 7 nitrogen and oxygen atoms in total. The van der Waals surface area contributed by atoms with Gasteiger partial charge in [0.05, 0.1) is 18.5 Å². The Kier molecular flexibility index (Phi) is 5.58. The molecule has 2 aromatic heterocycles. The largest absolute Gasteiger partial charge is 0.476 e. The van der Waals surface area contributed by atoms with Gasteiger partial charge >= 0.3 is 0 Å². The van der Waals surface area contributed by atoms with Crippen LogP contribution in [0.25, 0.3) is 11.3 Å². The van der Waals surface area contributed by atoms with Crippen molar-refractivity contribution in [2.75, 3.05) is 17.7 Å². The average Bonchev–Trinajstić information content (AvgIpc) is 3.30. The van der Waals surface area contributed by atoms with Crippen LogP contribution in [0.5, 0.6) is 5.88 Å². The number of rotatable bonds is 7. The van der Waals surface area contributed by atoms with Gasteiger partial charge in [0.25, 0.3) is 0 Å². The highest BCUT2D eigenvalue weighted by Gasteiger charge is 2.13. The van der Waals surface area contributed by atoms with E-state index in [1.54, 1.807) is 12.3 Å². The first kappa shape index (κ1) is 19.0. The number of nitrogens with zero attached hydrogens (tertiary/aromatic N) is 3. The number of hydrogen-bond donors (Lipinski definition) is 2. The lowest BCUT2D eigenvalue weighted by Crippen LogP contribution is -2.07. The zero-order chi connectivity index (χ0) is 20.8. The first-order chi connectivity index (χ1) is 14.7. The van der Waals surface area contributed by atoms with Crippen molar-refractivity contribution in [3.05, 3.63) is 84.4 Å². The molecule has 0 aliphatic heterocycles. The Hall–Kier alpha value is -4.31. The number of nitrogens with one attached hydrogen (secondary N) is 1. The van der Waals surface area contributed by atoms with Gasteiger partial charge in [-0.15, -0.1) is 0 Å². The number of anilines is 3. The van der Waals surface area contributed by atoms with Crippen LogP contribution < -0.4 is 15.8 Å². The fraction of sp³-hybridized carbons (Fsp3) is 0.0870. The molecule has 0 unspecified atom stereocenters. The van der Waals surface area contributed by atoms with Crippen molar-refractivity contribution in [1.29, 1.82) is 5.26 Å². The zero-order valence-corrected chi connectivity index (χ0v) is 16.1. The lowest BCUT2D eigenvalue weighted by atomic mass is 10.1. The molecule has 0 aliphatic rings. The zero-order valence-electron chi connectivity index (χ0n) is 16.1. The summed E-state index contributed by atoms with van der Waals surface area (Å²) in [4.78, 5) is 8.36. The van der Waals surface area contributed by atoms with Crippen LogP contribution in [-0.2, 0) is 6.42 Å². The second-order valence-electron chi connectivity index (χ2n) is 6.54. The van der Waals surface area contributed by atoms with E-state index in [2.05, 4.69) is 21.4 Å². The number of benzene rings is 2. The predicted octanol–water partition coefficient (Wildman–Crippen LogP) is 4.56. The molecule has 2 heterocycles. The summed E-state index contributed by atoms with van der Waals surface area (Å²) in [6, 6.07) is 21.3. The molecule has 0 saturated carbocycles. The smallest absolute Gasteiger partial charge is 0.235 e. The molecule has 0 atom stereocenters. The van der Waals surface area contributed by atoms with Crippen molar-refractivity contribution in [3.8, 4) is 23.3 Å². The third-order valence-corrected chi connectivity index (χ3v) is 4.48. The van der Waals surface area contributed by atoms with Gasteiger partial charge in [0.2, 0.25) is 5.88 Å². The van der Waals surface area contributed by atoms with E-state index in [0.717, 1.165) is 16.8 Å². The Labute approximate surface area is 173 Å². The Morgan fingerprint density at radius 1 is 1.10 bits per heavy atom. The minimum Gasteiger partial charge on any atom is -0.476 e. The van der Waals surface area contributed by atoms with Gasteiger partial charge < -0.3 is 20.2 Å². The summed E-state index contributed by atoms with van der Waals surface area (Å²) in [7, 11) is 0. The molecule has 148 valence electrons. The maximum Gasteiger partial charge on any atom is 0.235 e. The standard InChI is InChI=1S/C23H19N5O2/c24-13-19-20(25)12-22(28-23(19)29-11-10-16-4-2-1-3-5-16)27-18-8-6-17(7-9-18)21-14-26-15-30-21/h1-9,12,14-15H,10-11H2,(H3,25,27,28). The van der Waals surface area contributed by atoms with Gasteiger partial charge in [0.15, 0.2) is 12.2 Å². The normalized spacial score (nSPS) is 10.4. The van der Waals surface area contributed by atoms with Crippen molar-refractivity contribution in [1.82, 2.24) is 9.97 Å². The summed E-state index contributed by atoms with van der Waals surface area (Å²) in [6.07, 6.45) is 3.75. The topological polar surface area (TPSA) is 110 Å². The summed E-state index contributed by atoms with van der Waals surface area (Å²) in [6.45, 7) is 0.389. The monoisotopic (exact) mass is 397 g/mol. The maximum atomic E-state index is 9.43. The van der Waals surface area contributed by atoms with Gasteiger partial charge in [-0.1, -0.05) is 30.3 Å². The third-order valence-electron chi connectivity index (χ3n) is 4.48. The molecule has 0 fully saturated rings. The molecular weight excluding hydrogens is 378 g/mol. The number of nitrogen functional groups attached to an aromatic ring is 1. The summed E-state index contributed by atoms with van der Waals surface area (Å²) in [5, 5.41) is 12.6. The molecule has 30 heavy (non-hydrogen) atoms. The van der Waals surface area contributed by atoms with Crippen LogP contribution in [0, 0.1) is 11.3 Å². The molecule has 2 aromatic carbocycles. The van der Waals surface area contributed by atoms with Gasteiger partial charge in [0.1, 0.15) is 17.5 Å². The van der Waals surface area contributed by atoms with E-state index in [1.807, 2.05) is 54.6 Å². The molecule has 4 rings (SSSR count). The van der Waals surface area contributed by atoms with Gasteiger partial charge in [-0.3, -0.25) is 0 Å². The van der Waals surface area contributed by atoms with Crippen LogP contribution in [0.4, 0.5) is 17.2 Å². The van der Waals surface area contributed by atoms with Crippen LogP contribution in [-0.4, -0.2) is 16.6 Å². The quantitative estimate of drug-likeness (QED) is 0.470. The molecule has 0 aliphatic carbocycles. The van der Waals surface area contributed by atoms with Crippen molar-refractivity contribution in [2.45, 2.75) is 6.42 Å². The third kappa shape index (κ3) is 4.39. The van der Waals surface area contributed by atoms with E-state index in [9.17, 15) is 5.26 Å². The number of pyridine rings is 1. The number of hydrogen-bond acceptors (Lipinski definition) is 7. The summed E-state index contributed by atoms with van der Waals surface area (Å²) in [5.41, 5.74) is 9.46. The number of nitrogens with two attached hydrogens (primary N) is 1. The van der Waals surface area contributed by atoms with Crippen molar-refractivity contribution in [3.63, 3.8) is 0 Å². The number of ether oxygens (including phenoxy) is 1. The molecule has 0 saturated heterocycles. The molecule has 0 spiro atoms. The Bertz CT molecular complexity index is 1150. The van der Waals surface area contributed by atoms with E-state index < -0.39 is 0 Å². The Balaban J connectivity index is 1.49. The molecule has 0 amide bonds. The van der Waals surface area contributed by atoms with Crippen molar-refractivity contribution < 1.29 is 9.15 Å². The molecule has 3 N–H and O–H groups in total. The van der Waals surface area contributed by atoms with Crippen LogP contribution in [0.15, 0.2) is 77.7 Å². The lowest BCUT2D eigenvalue weighted by molar-refractivity contribution is 0.309. The Morgan fingerprint density at radius 2 is 1.90 bits per heavy atom. The van der Waals surface area contributed by atoms with Crippen molar-refractivity contribution >= 4 is 17.2 Å². The van der Waals surface area contributed by atoms with E-state index in [-0.39, 0.29) is 11.4 Å². The highest BCUT2D eigenvalue weighted by molar-refractivity contribution is 5.69. The highest BCUT2D eigenvalue weighted by atomic mass is 16.5. The van der Waals surface area contributed by atoms with Gasteiger partial charge in [-0.05, 0) is 29.8 Å². The van der Waals surface area contributed by atoms with Crippen LogP contribution >= 0.6 is 0 Å². The van der Waals surface area contributed by atoms with Gasteiger partial charge in [-0.2, -0.15) is 10.2 Å². The van der Waals surface area contributed by atoms with Crippen LogP contribution in [0.1, 0.15) is 11.1 Å². The second-order valence-corrected chi connectivity index (χ2v) is 6.54. The molecule has 7 heteroatoms. The average molecular weight is 397 g/mol. The van der Waals surface area contributed by atoms with Crippen molar-refractivity contribution in [2.24, 2.45) is 0 Å². The molecule has 0 bridgehead atoms. The van der Waals surface area contributed by atoms with E-state index >= 15 is 0 Å². The predicted molar refractivity (Wildman–Crippen MR) is 114 cm³/mol. The minimum atomic E-state index is 0.217. The Morgan fingerprint density at radius 3 is 2.60 bits per heavy atom. The SMILES string of the molecule is N#Cc1c(N)cc(Nc2ccc(-c3cnco3)cc2)nc1OCCc1ccccc1. The molecule has 4 aromatic rings. The molecular formula is C23H19N5O2. The second kappa shape index (κ2) is 8.80. The fourth-order valence-electron chi connectivity index (χ4n) is 2.96. The van der Waals surface area contributed by atoms with E-state index in [4.69, 9.17) is 14.9 Å².